The fraction of sp³-hybridized carbons (Fsp3) is 0.360. The summed E-state index contributed by atoms with van der Waals surface area (Å²) in [5.74, 6) is 0.122. The lowest BCUT2D eigenvalue weighted by atomic mass is 9.85. The standard InChI is InChI=1S/C25H28ClN5O2/c1-28-21(22(26)23(32)31(28)20-10-6-3-7-11-20)12-15-29-16-13-25(14-17-29)24(33)27-18-30(25)19-8-4-2-5-9-19/h2-11H,12-18H2,1H3,(H,27,33). The van der Waals surface area contributed by atoms with E-state index in [-0.39, 0.29) is 16.5 Å². The number of benzene rings is 2. The second-order valence-corrected chi connectivity index (χ2v) is 9.17. The smallest absolute Gasteiger partial charge is 0.290 e. The number of carbonyl (C=O) groups excluding carboxylic acids is 1. The van der Waals surface area contributed by atoms with E-state index in [1.807, 2.05) is 60.3 Å². The number of nitrogens with one attached hydrogen (secondary N) is 1. The molecule has 3 heterocycles. The summed E-state index contributed by atoms with van der Waals surface area (Å²) in [5.41, 5.74) is 2.02. The van der Waals surface area contributed by atoms with Gasteiger partial charge in [0.15, 0.2) is 0 Å². The Hall–Kier alpha value is -3.03. The molecule has 7 nitrogen and oxygen atoms in total. The molecule has 0 radical (unpaired) electrons. The molecule has 172 valence electrons. The normalized spacial score (nSPS) is 18.1. The number of anilines is 1. The average Bonchev–Trinajstić information content (AvgIpc) is 3.27. The molecule has 2 aromatic carbocycles. The first-order valence-electron chi connectivity index (χ1n) is 11.4. The zero-order valence-corrected chi connectivity index (χ0v) is 19.5. The molecule has 5 rings (SSSR count). The summed E-state index contributed by atoms with van der Waals surface area (Å²) in [4.78, 5) is 30.2. The van der Waals surface area contributed by atoms with Gasteiger partial charge in [0.1, 0.15) is 10.6 Å². The van der Waals surface area contributed by atoms with E-state index >= 15 is 0 Å². The topological polar surface area (TPSA) is 62.5 Å². The molecule has 0 unspecified atom stereocenters. The first-order chi connectivity index (χ1) is 16.0. The molecule has 1 amide bonds. The van der Waals surface area contributed by atoms with Crippen LogP contribution in [0.1, 0.15) is 18.5 Å². The molecule has 0 aliphatic carbocycles. The number of piperidine rings is 1. The Kier molecular flexibility index (Phi) is 5.76. The summed E-state index contributed by atoms with van der Waals surface area (Å²) in [6.45, 7) is 2.98. The van der Waals surface area contributed by atoms with Crippen LogP contribution < -0.4 is 15.8 Å². The van der Waals surface area contributed by atoms with Gasteiger partial charge in [-0.3, -0.25) is 14.3 Å². The zero-order chi connectivity index (χ0) is 23.0. The number of amides is 1. The van der Waals surface area contributed by atoms with Gasteiger partial charge in [0.2, 0.25) is 5.91 Å². The zero-order valence-electron chi connectivity index (χ0n) is 18.7. The maximum atomic E-state index is 12.9. The van der Waals surface area contributed by atoms with E-state index < -0.39 is 5.54 Å². The molecule has 2 aliphatic heterocycles. The molecule has 33 heavy (non-hydrogen) atoms. The van der Waals surface area contributed by atoms with Crippen molar-refractivity contribution in [1.82, 2.24) is 19.6 Å². The predicted molar refractivity (Wildman–Crippen MR) is 130 cm³/mol. The Morgan fingerprint density at radius 2 is 1.55 bits per heavy atom. The lowest BCUT2D eigenvalue weighted by Gasteiger charge is -2.43. The van der Waals surface area contributed by atoms with Crippen LogP contribution in [0.15, 0.2) is 65.5 Å². The van der Waals surface area contributed by atoms with E-state index in [0.717, 1.165) is 49.5 Å². The van der Waals surface area contributed by atoms with Crippen molar-refractivity contribution in [2.24, 2.45) is 7.05 Å². The molecule has 2 saturated heterocycles. The van der Waals surface area contributed by atoms with Gasteiger partial charge >= 0.3 is 0 Å². The minimum absolute atomic E-state index is 0.122. The van der Waals surface area contributed by atoms with Crippen LogP contribution in [-0.2, 0) is 18.3 Å². The quantitative estimate of drug-likeness (QED) is 0.629. The van der Waals surface area contributed by atoms with Crippen molar-refractivity contribution in [3.63, 3.8) is 0 Å². The number of para-hydroxylation sites is 2. The van der Waals surface area contributed by atoms with Crippen LogP contribution >= 0.6 is 11.6 Å². The maximum Gasteiger partial charge on any atom is 0.290 e. The molecule has 3 aromatic rings. The fourth-order valence-electron chi connectivity index (χ4n) is 5.19. The summed E-state index contributed by atoms with van der Waals surface area (Å²) in [7, 11) is 1.88. The minimum atomic E-state index is -0.487. The third kappa shape index (κ3) is 3.75. The predicted octanol–water partition coefficient (Wildman–Crippen LogP) is 2.80. The molecule has 0 saturated carbocycles. The van der Waals surface area contributed by atoms with Crippen LogP contribution in [0.4, 0.5) is 5.69 Å². The summed E-state index contributed by atoms with van der Waals surface area (Å²) in [6.07, 6.45) is 2.21. The number of halogens is 1. The molecule has 0 bridgehead atoms. The Morgan fingerprint density at radius 1 is 0.939 bits per heavy atom. The minimum Gasteiger partial charge on any atom is -0.339 e. The number of hydrogen-bond acceptors (Lipinski definition) is 4. The van der Waals surface area contributed by atoms with Crippen LogP contribution in [0.2, 0.25) is 5.02 Å². The van der Waals surface area contributed by atoms with Crippen LogP contribution in [0.3, 0.4) is 0 Å². The highest BCUT2D eigenvalue weighted by Crippen LogP contribution is 2.36. The van der Waals surface area contributed by atoms with E-state index in [1.165, 1.54) is 0 Å². The lowest BCUT2D eigenvalue weighted by molar-refractivity contribution is -0.125. The summed E-state index contributed by atoms with van der Waals surface area (Å²) >= 11 is 6.46. The number of likely N-dealkylation sites (tertiary alicyclic amines) is 1. The van der Waals surface area contributed by atoms with E-state index in [4.69, 9.17) is 11.6 Å². The van der Waals surface area contributed by atoms with Crippen LogP contribution in [0.25, 0.3) is 5.69 Å². The van der Waals surface area contributed by atoms with Gasteiger partial charge in [-0.25, -0.2) is 4.68 Å². The second-order valence-electron chi connectivity index (χ2n) is 8.79. The van der Waals surface area contributed by atoms with E-state index in [0.29, 0.717) is 13.1 Å². The van der Waals surface area contributed by atoms with Gasteiger partial charge in [-0.2, -0.15) is 0 Å². The SMILES string of the molecule is Cn1c(CCN2CCC3(CC2)C(=O)NCN3c2ccccc2)c(Cl)c(=O)n1-c1ccccc1. The van der Waals surface area contributed by atoms with Crippen molar-refractivity contribution >= 4 is 23.2 Å². The van der Waals surface area contributed by atoms with E-state index in [1.54, 1.807) is 4.68 Å². The third-order valence-electron chi connectivity index (χ3n) is 7.08. The van der Waals surface area contributed by atoms with Crippen LogP contribution in [0.5, 0.6) is 0 Å². The number of carbonyl (C=O) groups is 1. The molecular formula is C25H28ClN5O2. The number of aromatic nitrogens is 2. The Morgan fingerprint density at radius 3 is 2.18 bits per heavy atom. The van der Waals surface area contributed by atoms with Crippen molar-refractivity contribution < 1.29 is 4.79 Å². The molecule has 0 atom stereocenters. The molecule has 1 aromatic heterocycles. The Bertz CT molecular complexity index is 1200. The van der Waals surface area contributed by atoms with Crippen LogP contribution in [-0.4, -0.2) is 52.0 Å². The van der Waals surface area contributed by atoms with Gasteiger partial charge in [-0.15, -0.1) is 0 Å². The molecule has 1 N–H and O–H groups in total. The second kappa shape index (κ2) is 8.72. The lowest BCUT2D eigenvalue weighted by Crippen LogP contribution is -2.56. The number of rotatable bonds is 5. The number of nitrogens with zero attached hydrogens (tertiary/aromatic N) is 4. The number of hydrogen-bond donors (Lipinski definition) is 1. The van der Waals surface area contributed by atoms with Crippen molar-refractivity contribution in [3.05, 3.63) is 81.7 Å². The van der Waals surface area contributed by atoms with E-state index in [9.17, 15) is 9.59 Å². The highest BCUT2D eigenvalue weighted by atomic mass is 35.5. The first kappa shape index (κ1) is 21.8. The average molecular weight is 466 g/mol. The maximum absolute atomic E-state index is 12.9. The Labute approximate surface area is 198 Å². The summed E-state index contributed by atoms with van der Waals surface area (Å²) in [6, 6.07) is 19.7. The van der Waals surface area contributed by atoms with Gasteiger partial charge in [0.05, 0.1) is 18.1 Å². The van der Waals surface area contributed by atoms with Crippen molar-refractivity contribution in [1.29, 1.82) is 0 Å². The molecule has 2 fully saturated rings. The van der Waals surface area contributed by atoms with Gasteiger partial charge in [-0.05, 0) is 37.1 Å². The summed E-state index contributed by atoms with van der Waals surface area (Å²) < 4.78 is 3.47. The highest BCUT2D eigenvalue weighted by molar-refractivity contribution is 6.31. The largest absolute Gasteiger partial charge is 0.339 e. The fourth-order valence-corrected chi connectivity index (χ4v) is 5.49. The third-order valence-corrected chi connectivity index (χ3v) is 7.46. The molecule has 2 aliphatic rings. The van der Waals surface area contributed by atoms with Crippen molar-refractivity contribution in [2.45, 2.75) is 24.8 Å². The van der Waals surface area contributed by atoms with Crippen molar-refractivity contribution in [3.8, 4) is 5.69 Å². The highest BCUT2D eigenvalue weighted by Gasteiger charge is 2.50. The molecular weight excluding hydrogens is 438 g/mol. The summed E-state index contributed by atoms with van der Waals surface area (Å²) in [5, 5.41) is 3.33. The molecule has 1 spiro atoms. The van der Waals surface area contributed by atoms with Gasteiger partial charge in [-0.1, -0.05) is 48.0 Å². The van der Waals surface area contributed by atoms with Gasteiger partial charge in [0.25, 0.3) is 5.56 Å². The Balaban J connectivity index is 1.28. The van der Waals surface area contributed by atoms with Crippen molar-refractivity contribution in [2.75, 3.05) is 31.2 Å². The van der Waals surface area contributed by atoms with Crippen LogP contribution in [0, 0.1) is 0 Å². The van der Waals surface area contributed by atoms with Gasteiger partial charge in [0, 0.05) is 38.8 Å². The monoisotopic (exact) mass is 465 g/mol. The first-order valence-corrected chi connectivity index (χ1v) is 11.7. The van der Waals surface area contributed by atoms with Gasteiger partial charge < -0.3 is 15.1 Å². The van der Waals surface area contributed by atoms with E-state index in [2.05, 4.69) is 27.2 Å². The molecule has 8 heteroatoms.